The van der Waals surface area contributed by atoms with Gasteiger partial charge in [-0.25, -0.2) is 0 Å². The maximum atomic E-state index is 14.0. The number of primary amides is 1. The molecule has 42 heavy (non-hydrogen) atoms. The number of esters is 1. The lowest BCUT2D eigenvalue weighted by Gasteiger charge is -2.50. The predicted molar refractivity (Wildman–Crippen MR) is 153 cm³/mol. The Bertz CT molecular complexity index is 1430. The molecule has 12 heteroatoms. The maximum Gasteiger partial charge on any atom is 0.306 e. The fraction of sp³-hybridized carbons (Fsp3) is 0.533. The molecule has 3 aliphatic carbocycles. The summed E-state index contributed by atoms with van der Waals surface area (Å²) in [6, 6.07) is 0.575. The second-order valence-electron chi connectivity index (χ2n) is 12.2. The highest BCUT2D eigenvalue weighted by atomic mass is 16.5. The molecule has 1 aromatic rings. The van der Waals surface area contributed by atoms with Crippen LogP contribution in [0.25, 0.3) is 5.76 Å². The summed E-state index contributed by atoms with van der Waals surface area (Å²) in [7, 11) is 6.67. The molecule has 1 amide bonds. The van der Waals surface area contributed by atoms with Crippen molar-refractivity contribution in [2.45, 2.75) is 51.2 Å². The first kappa shape index (κ1) is 31.0. The van der Waals surface area contributed by atoms with Gasteiger partial charge in [0.1, 0.15) is 22.8 Å². The van der Waals surface area contributed by atoms with Crippen LogP contribution < -0.4 is 10.6 Å². The van der Waals surface area contributed by atoms with Gasteiger partial charge in [0.05, 0.1) is 18.2 Å². The topological polar surface area (TPSA) is 191 Å². The number of carbonyl (C=O) groups is 4. The molecule has 1 saturated carbocycles. The first-order valence-corrected chi connectivity index (χ1v) is 13.9. The molecule has 1 fully saturated rings. The molecule has 0 unspecified atom stereocenters. The average Bonchev–Trinajstić information content (AvgIpc) is 2.88. The molecule has 0 aliphatic heterocycles. The van der Waals surface area contributed by atoms with Crippen molar-refractivity contribution in [2.75, 3.05) is 39.7 Å². The Labute approximate surface area is 244 Å². The number of aliphatic hydroxyl groups excluding tert-OH is 2. The SMILES string of the molecule is CC(C)COC(=O)CCc1cc(N(C)C)c2c(c1O)C(O)=C1C(=O)[C@]3(O)C(O)=C(C(N)=O)C(=O)[C@H](N(C)C)[C@@H]3C[C@@H]1C2. The molecule has 6 N–H and O–H groups in total. The Morgan fingerprint density at radius 3 is 2.33 bits per heavy atom. The first-order valence-electron chi connectivity index (χ1n) is 13.9. The number of benzene rings is 1. The van der Waals surface area contributed by atoms with Crippen molar-refractivity contribution < 1.29 is 44.3 Å². The Kier molecular flexibility index (Phi) is 8.18. The van der Waals surface area contributed by atoms with Crippen LogP contribution in [-0.4, -0.2) is 95.2 Å². The highest BCUT2D eigenvalue weighted by molar-refractivity contribution is 6.24. The second kappa shape index (κ2) is 11.1. The van der Waals surface area contributed by atoms with Gasteiger partial charge in [0.25, 0.3) is 5.91 Å². The zero-order chi connectivity index (χ0) is 31.4. The van der Waals surface area contributed by atoms with Gasteiger partial charge in [0.15, 0.2) is 11.4 Å². The van der Waals surface area contributed by atoms with E-state index >= 15 is 0 Å². The number of ether oxygens (including phenoxy) is 1. The standard InChI is InChI=1S/C30H39N3O9/c1-13(2)12-42-19(34)8-7-14-11-18(32(3)4)16-9-15-10-17-23(33(5)6)26(37)22(29(31)40)28(39)30(17,41)27(38)20(15)25(36)21(16)24(14)35/h11,13,15,17,23,35-36,39,41H,7-10,12H2,1-6H3,(H2,31,40)/t15-,17-,23+,30-/m0/s1. The summed E-state index contributed by atoms with van der Waals surface area (Å²) in [4.78, 5) is 55.0. The van der Waals surface area contributed by atoms with Crippen molar-refractivity contribution in [1.82, 2.24) is 4.90 Å². The normalized spacial score (nSPS) is 25.4. The van der Waals surface area contributed by atoms with Crippen LogP contribution in [0.15, 0.2) is 23.0 Å². The van der Waals surface area contributed by atoms with Crippen molar-refractivity contribution >= 4 is 34.9 Å². The number of phenols is 1. The molecule has 0 spiro atoms. The summed E-state index contributed by atoms with van der Waals surface area (Å²) in [5.74, 6) is -7.30. The molecule has 4 atom stereocenters. The number of aliphatic hydroxyl groups is 3. The number of carbonyl (C=O) groups excluding carboxylic acids is 4. The minimum atomic E-state index is -2.71. The zero-order valence-corrected chi connectivity index (χ0v) is 24.7. The van der Waals surface area contributed by atoms with Gasteiger partial charge in [-0.15, -0.1) is 0 Å². The van der Waals surface area contributed by atoms with Crippen LogP contribution in [0.2, 0.25) is 0 Å². The van der Waals surface area contributed by atoms with E-state index in [1.807, 2.05) is 13.8 Å². The van der Waals surface area contributed by atoms with E-state index in [1.54, 1.807) is 39.2 Å². The van der Waals surface area contributed by atoms with Crippen LogP contribution in [-0.2, 0) is 36.8 Å². The summed E-state index contributed by atoms with van der Waals surface area (Å²) in [6.07, 6.45) is 0.247. The fourth-order valence-corrected chi connectivity index (χ4v) is 6.50. The molecular formula is C30H39N3O9. The number of amides is 1. The summed E-state index contributed by atoms with van der Waals surface area (Å²) in [5, 5.41) is 45.7. The van der Waals surface area contributed by atoms with E-state index in [2.05, 4.69) is 0 Å². The number of hydrogen-bond acceptors (Lipinski definition) is 11. The molecule has 0 heterocycles. The molecule has 12 nitrogen and oxygen atoms in total. The van der Waals surface area contributed by atoms with Crippen LogP contribution in [0.5, 0.6) is 5.75 Å². The van der Waals surface area contributed by atoms with E-state index in [9.17, 15) is 39.6 Å². The molecule has 4 rings (SSSR count). The lowest BCUT2D eigenvalue weighted by molar-refractivity contribution is -0.153. The van der Waals surface area contributed by atoms with E-state index in [-0.39, 0.29) is 55.1 Å². The molecule has 0 saturated heterocycles. The molecule has 228 valence electrons. The minimum Gasteiger partial charge on any atom is -0.508 e. The molecular weight excluding hydrogens is 546 g/mol. The number of anilines is 1. The minimum absolute atomic E-state index is 0.00281. The van der Waals surface area contributed by atoms with E-state index in [0.717, 1.165) is 0 Å². The van der Waals surface area contributed by atoms with Gasteiger partial charge >= 0.3 is 5.97 Å². The predicted octanol–water partition coefficient (Wildman–Crippen LogP) is 1.16. The van der Waals surface area contributed by atoms with E-state index in [0.29, 0.717) is 16.8 Å². The van der Waals surface area contributed by atoms with Crippen molar-refractivity contribution in [1.29, 1.82) is 0 Å². The van der Waals surface area contributed by atoms with Crippen LogP contribution in [0.4, 0.5) is 5.69 Å². The third kappa shape index (κ3) is 4.82. The Hall–Kier alpha value is -3.90. The van der Waals surface area contributed by atoms with Crippen LogP contribution in [0, 0.1) is 17.8 Å². The number of aromatic hydroxyl groups is 1. The third-order valence-electron chi connectivity index (χ3n) is 8.43. The number of Topliss-reactive ketones (excluding diaryl/α,β-unsaturated/α-hetero) is 2. The van der Waals surface area contributed by atoms with Crippen LogP contribution in [0.3, 0.4) is 0 Å². The lowest BCUT2D eigenvalue weighted by atomic mass is 9.57. The monoisotopic (exact) mass is 585 g/mol. The smallest absolute Gasteiger partial charge is 0.306 e. The number of phenolic OH excluding ortho intramolecular Hbond substituents is 1. The Morgan fingerprint density at radius 1 is 1.14 bits per heavy atom. The molecule has 0 aromatic heterocycles. The number of aryl methyl sites for hydroxylation is 1. The van der Waals surface area contributed by atoms with Gasteiger partial charge < -0.3 is 35.8 Å². The van der Waals surface area contributed by atoms with Crippen molar-refractivity contribution in [3.05, 3.63) is 39.7 Å². The fourth-order valence-electron chi connectivity index (χ4n) is 6.50. The van der Waals surface area contributed by atoms with Gasteiger partial charge in [0.2, 0.25) is 5.78 Å². The summed E-state index contributed by atoms with van der Waals surface area (Å²) in [6.45, 7) is 4.09. The largest absolute Gasteiger partial charge is 0.508 e. The van der Waals surface area contributed by atoms with Gasteiger partial charge in [-0.3, -0.25) is 24.1 Å². The number of hydrogen-bond donors (Lipinski definition) is 5. The molecule has 0 radical (unpaired) electrons. The Morgan fingerprint density at radius 2 is 1.79 bits per heavy atom. The van der Waals surface area contributed by atoms with Crippen LogP contribution in [0.1, 0.15) is 43.4 Å². The number of nitrogens with zero attached hydrogens (tertiary/aromatic N) is 2. The summed E-state index contributed by atoms with van der Waals surface area (Å²) < 4.78 is 5.24. The van der Waals surface area contributed by atoms with Crippen molar-refractivity contribution in [3.8, 4) is 5.75 Å². The third-order valence-corrected chi connectivity index (χ3v) is 8.43. The maximum absolute atomic E-state index is 14.0. The van der Waals surface area contributed by atoms with Crippen molar-refractivity contribution in [3.63, 3.8) is 0 Å². The number of nitrogens with two attached hydrogens (primary N) is 1. The lowest BCUT2D eigenvalue weighted by Crippen LogP contribution is -2.65. The highest BCUT2D eigenvalue weighted by Gasteiger charge is 2.64. The number of likely N-dealkylation sites (N-methyl/N-ethyl adjacent to an activating group) is 1. The molecule has 3 aliphatic rings. The van der Waals surface area contributed by atoms with Crippen molar-refractivity contribution in [2.24, 2.45) is 23.5 Å². The van der Waals surface area contributed by atoms with E-state index in [4.69, 9.17) is 10.5 Å². The molecule has 0 bridgehead atoms. The zero-order valence-electron chi connectivity index (χ0n) is 24.7. The number of rotatable bonds is 8. The Balaban J connectivity index is 1.86. The average molecular weight is 586 g/mol. The van der Waals surface area contributed by atoms with E-state index in [1.165, 1.54) is 4.90 Å². The molecule has 1 aromatic carbocycles. The van der Waals surface area contributed by atoms with Gasteiger partial charge in [-0.1, -0.05) is 13.8 Å². The van der Waals surface area contributed by atoms with Crippen LogP contribution >= 0.6 is 0 Å². The van der Waals surface area contributed by atoms with E-state index < -0.39 is 64.0 Å². The quantitative estimate of drug-likeness (QED) is 0.217. The highest BCUT2D eigenvalue weighted by Crippen LogP contribution is 2.54. The van der Waals surface area contributed by atoms with Gasteiger partial charge in [-0.05, 0) is 62.4 Å². The summed E-state index contributed by atoms with van der Waals surface area (Å²) >= 11 is 0. The van der Waals surface area contributed by atoms with Gasteiger partial charge in [0, 0.05) is 37.7 Å². The number of fused-ring (bicyclic) bond motifs is 3. The second-order valence-corrected chi connectivity index (χ2v) is 12.2. The first-order chi connectivity index (χ1) is 19.5. The number of ketones is 2. The van der Waals surface area contributed by atoms with Gasteiger partial charge in [-0.2, -0.15) is 0 Å². The summed E-state index contributed by atoms with van der Waals surface area (Å²) in [5.41, 5.74) is 3.11.